The zero-order valence-electron chi connectivity index (χ0n) is 23.7. The fourth-order valence-electron chi connectivity index (χ4n) is 6.37. The number of amides is 1. The van der Waals surface area contributed by atoms with Crippen molar-refractivity contribution in [2.24, 2.45) is 4.99 Å². The Balaban J connectivity index is 1.53. The summed E-state index contributed by atoms with van der Waals surface area (Å²) in [7, 11) is 0. The average molecular weight is 575 g/mol. The molecule has 0 spiro atoms. The number of rotatable bonds is 6. The highest BCUT2D eigenvalue weighted by Gasteiger charge is 2.41. The van der Waals surface area contributed by atoms with Gasteiger partial charge < -0.3 is 4.90 Å². The van der Waals surface area contributed by atoms with E-state index < -0.39 is 11.0 Å². The summed E-state index contributed by atoms with van der Waals surface area (Å²) in [6.07, 6.45) is 2.23. The second-order valence-electron chi connectivity index (χ2n) is 11.1. The van der Waals surface area contributed by atoms with Crippen molar-refractivity contribution >= 4 is 45.1 Å². The van der Waals surface area contributed by atoms with E-state index in [1.54, 1.807) is 23.5 Å². The minimum Gasteiger partial charge on any atom is -0.302 e. The van der Waals surface area contributed by atoms with E-state index in [0.717, 1.165) is 27.9 Å². The van der Waals surface area contributed by atoms with Crippen LogP contribution in [0.25, 0.3) is 5.57 Å². The molecule has 0 unspecified atom stereocenters. The third kappa shape index (κ3) is 5.06. The van der Waals surface area contributed by atoms with Crippen LogP contribution in [0.5, 0.6) is 0 Å². The molecule has 41 heavy (non-hydrogen) atoms. The zero-order valence-corrected chi connectivity index (χ0v) is 25.3. The van der Waals surface area contributed by atoms with Crippen molar-refractivity contribution in [3.63, 3.8) is 0 Å². The number of anilines is 1. The number of allylic oxidation sites excluding steroid dienone is 1. The summed E-state index contributed by atoms with van der Waals surface area (Å²) in [6.45, 7) is 7.26. The predicted octanol–water partition coefficient (Wildman–Crippen LogP) is 8.43. The van der Waals surface area contributed by atoms with Gasteiger partial charge >= 0.3 is 0 Å². The Labute approximate surface area is 251 Å². The molecule has 206 valence electrons. The average Bonchev–Trinajstić information content (AvgIpc) is 3.52. The minimum atomic E-state index is -0.533. The van der Waals surface area contributed by atoms with Crippen molar-refractivity contribution in [3.05, 3.63) is 143 Å². The number of aliphatic imine (C=N–C) groups is 1. The van der Waals surface area contributed by atoms with Crippen LogP contribution in [0.1, 0.15) is 48.6 Å². The molecule has 4 aromatic rings. The maximum Gasteiger partial charge on any atom is 0.238 e. The summed E-state index contributed by atoms with van der Waals surface area (Å²) in [5.41, 5.74) is 7.06. The van der Waals surface area contributed by atoms with Gasteiger partial charge in [-0.25, -0.2) is 0 Å². The summed E-state index contributed by atoms with van der Waals surface area (Å²) in [4.78, 5) is 20.3. The number of carbonyl (C=O) groups excluding carboxylic acids is 1. The summed E-state index contributed by atoms with van der Waals surface area (Å²) in [6, 6.07) is 39.0. The topological polar surface area (TPSA) is 32.7 Å². The van der Waals surface area contributed by atoms with Gasteiger partial charge in [0.25, 0.3) is 0 Å². The highest BCUT2D eigenvalue weighted by atomic mass is 32.2. The molecule has 2 aliphatic heterocycles. The van der Waals surface area contributed by atoms with Gasteiger partial charge in [-0.2, -0.15) is 0 Å². The van der Waals surface area contributed by atoms with Crippen LogP contribution >= 0.6 is 23.5 Å². The summed E-state index contributed by atoms with van der Waals surface area (Å²) in [5, 5.41) is 0. The molecule has 0 radical (unpaired) electrons. The van der Waals surface area contributed by atoms with Gasteiger partial charge in [-0.05, 0) is 60.7 Å². The predicted molar refractivity (Wildman–Crippen MR) is 177 cm³/mol. The molecule has 0 fully saturated rings. The Morgan fingerprint density at radius 2 is 1.41 bits per heavy atom. The van der Waals surface area contributed by atoms with Gasteiger partial charge in [0.2, 0.25) is 5.91 Å². The number of hydrogen-bond donors (Lipinski definition) is 0. The van der Waals surface area contributed by atoms with Gasteiger partial charge in [-0.15, -0.1) is 0 Å². The van der Waals surface area contributed by atoms with Crippen LogP contribution in [0.4, 0.5) is 5.69 Å². The molecule has 6 rings (SSSR count). The largest absolute Gasteiger partial charge is 0.302 e. The molecule has 0 bridgehead atoms. The Morgan fingerprint density at radius 1 is 0.854 bits per heavy atom. The Morgan fingerprint density at radius 3 is 1.93 bits per heavy atom. The Hall–Kier alpha value is -3.54. The number of nitrogens with zero attached hydrogens (tertiary/aromatic N) is 2. The molecule has 4 aromatic carbocycles. The minimum absolute atomic E-state index is 0.105. The fraction of sp³-hybridized carbons (Fsp3) is 0.222. The molecular formula is C36H34N2OS2. The van der Waals surface area contributed by atoms with Crippen LogP contribution in [0.2, 0.25) is 0 Å². The molecular weight excluding hydrogens is 541 g/mol. The van der Waals surface area contributed by atoms with Crippen molar-refractivity contribution in [2.75, 3.05) is 23.0 Å². The van der Waals surface area contributed by atoms with Crippen LogP contribution < -0.4 is 4.90 Å². The van der Waals surface area contributed by atoms with Crippen molar-refractivity contribution in [3.8, 4) is 0 Å². The molecule has 1 amide bonds. The van der Waals surface area contributed by atoms with Crippen molar-refractivity contribution in [2.45, 2.75) is 31.7 Å². The molecule has 0 N–H and O–H groups in total. The lowest BCUT2D eigenvalue weighted by molar-refractivity contribution is -0.116. The maximum absolute atomic E-state index is 13.8. The number of thioether (sulfide) groups is 2. The standard InChI is InChI=1S/C36H34N2OS2/c1-26-24-35(2,3)38(33(39)25-41-34-37-21-22-40-34)32-20-19-30(23-31(26)32)36(27-13-7-4-8-14-27,28-15-9-5-10-16-28)29-17-11-6-12-18-29/h4-20,23-24H,21-22,25H2,1-3H3. The van der Waals surface area contributed by atoms with E-state index in [0.29, 0.717) is 5.75 Å². The molecule has 2 heterocycles. The van der Waals surface area contributed by atoms with Gasteiger partial charge in [0, 0.05) is 11.3 Å². The first kappa shape index (κ1) is 27.6. The highest BCUT2D eigenvalue weighted by molar-refractivity contribution is 8.39. The third-order valence-corrected chi connectivity index (χ3v) is 10.2. The van der Waals surface area contributed by atoms with Gasteiger partial charge in [-0.3, -0.25) is 9.79 Å². The van der Waals surface area contributed by atoms with E-state index in [9.17, 15) is 4.79 Å². The van der Waals surface area contributed by atoms with Crippen molar-refractivity contribution < 1.29 is 4.79 Å². The molecule has 0 aliphatic carbocycles. The molecule has 2 aliphatic rings. The first-order chi connectivity index (χ1) is 19.9. The van der Waals surface area contributed by atoms with Gasteiger partial charge in [0.05, 0.1) is 28.9 Å². The first-order valence-corrected chi connectivity index (χ1v) is 16.0. The summed E-state index contributed by atoms with van der Waals surface area (Å²) >= 11 is 3.31. The van der Waals surface area contributed by atoms with E-state index in [2.05, 4.69) is 141 Å². The van der Waals surface area contributed by atoms with Gasteiger partial charge in [-0.1, -0.05) is 127 Å². The molecule has 5 heteroatoms. The Kier molecular flexibility index (Phi) is 7.67. The van der Waals surface area contributed by atoms with E-state index in [1.807, 2.05) is 4.90 Å². The maximum atomic E-state index is 13.8. The van der Waals surface area contributed by atoms with Crippen LogP contribution in [-0.4, -0.2) is 33.9 Å². The van der Waals surface area contributed by atoms with Crippen molar-refractivity contribution in [1.82, 2.24) is 0 Å². The van der Waals surface area contributed by atoms with E-state index >= 15 is 0 Å². The zero-order chi connectivity index (χ0) is 28.5. The second-order valence-corrected chi connectivity index (χ2v) is 13.4. The monoisotopic (exact) mass is 574 g/mol. The quantitative estimate of drug-likeness (QED) is 0.217. The molecule has 0 saturated carbocycles. The van der Waals surface area contributed by atoms with Crippen LogP contribution in [0.15, 0.2) is 120 Å². The lowest BCUT2D eigenvalue weighted by Gasteiger charge is -2.43. The van der Waals surface area contributed by atoms with E-state index in [1.165, 1.54) is 27.8 Å². The van der Waals surface area contributed by atoms with Crippen LogP contribution in [0.3, 0.4) is 0 Å². The number of hydrogen-bond acceptors (Lipinski definition) is 4. The molecule has 0 saturated heterocycles. The van der Waals surface area contributed by atoms with E-state index in [4.69, 9.17) is 0 Å². The Bertz CT molecular complexity index is 1520. The van der Waals surface area contributed by atoms with E-state index in [-0.39, 0.29) is 5.91 Å². The number of benzene rings is 4. The molecule has 3 nitrogen and oxygen atoms in total. The summed E-state index contributed by atoms with van der Waals surface area (Å²) in [5.74, 6) is 1.49. The number of carbonyl (C=O) groups is 1. The fourth-order valence-corrected chi connectivity index (χ4v) is 8.23. The SMILES string of the molecule is CC1=CC(C)(C)N(C(=O)CSC2=NCCS2)c2ccc(C(c3ccccc3)(c3ccccc3)c3ccccc3)cc21. The summed E-state index contributed by atoms with van der Waals surface area (Å²) < 4.78 is 1.02. The lowest BCUT2D eigenvalue weighted by Crippen LogP contribution is -2.50. The smallest absolute Gasteiger partial charge is 0.238 e. The second kappa shape index (κ2) is 11.4. The number of fused-ring (bicyclic) bond motifs is 1. The van der Waals surface area contributed by atoms with Crippen LogP contribution in [0, 0.1) is 0 Å². The lowest BCUT2D eigenvalue weighted by atomic mass is 9.64. The molecule has 0 atom stereocenters. The molecule has 0 aromatic heterocycles. The van der Waals surface area contributed by atoms with Crippen molar-refractivity contribution in [1.29, 1.82) is 0 Å². The highest BCUT2D eigenvalue weighted by Crippen LogP contribution is 2.48. The first-order valence-electron chi connectivity index (χ1n) is 14.1. The van der Waals surface area contributed by atoms with Gasteiger partial charge in [0.1, 0.15) is 4.38 Å². The van der Waals surface area contributed by atoms with Crippen LogP contribution in [-0.2, 0) is 10.2 Å². The normalized spacial score (nSPS) is 16.1. The third-order valence-electron chi connectivity index (χ3n) is 7.99. The van der Waals surface area contributed by atoms with Gasteiger partial charge in [0.15, 0.2) is 0 Å².